The molecule has 0 spiro atoms. The number of rotatable bonds is 5. The van der Waals surface area contributed by atoms with Crippen molar-refractivity contribution < 1.29 is 23.9 Å². The number of benzene rings is 1. The van der Waals surface area contributed by atoms with Gasteiger partial charge in [0.2, 0.25) is 5.91 Å². The number of esters is 1. The Balaban J connectivity index is 2.02. The molecule has 0 aromatic heterocycles. The van der Waals surface area contributed by atoms with E-state index in [9.17, 15) is 19.2 Å². The van der Waals surface area contributed by atoms with Crippen molar-refractivity contribution in [1.82, 2.24) is 15.1 Å². The molecule has 1 aromatic carbocycles. The van der Waals surface area contributed by atoms with Crippen LogP contribution in [0, 0.1) is 0 Å². The number of carbonyl (C=O) groups excluding carboxylic acids is 4. The van der Waals surface area contributed by atoms with Crippen LogP contribution in [0.5, 0.6) is 0 Å². The van der Waals surface area contributed by atoms with Crippen LogP contribution >= 0.6 is 0 Å². The zero-order chi connectivity index (χ0) is 17.0. The quantitative estimate of drug-likeness (QED) is 0.608. The van der Waals surface area contributed by atoms with Gasteiger partial charge in [0, 0.05) is 14.1 Å². The number of imide groups is 1. The first-order valence-corrected chi connectivity index (χ1v) is 6.93. The zero-order valence-corrected chi connectivity index (χ0v) is 12.9. The first kappa shape index (κ1) is 16.5. The average Bonchev–Trinajstić information content (AvgIpc) is 2.84. The molecule has 1 fully saturated rings. The van der Waals surface area contributed by atoms with Gasteiger partial charge in [-0.1, -0.05) is 12.1 Å². The number of amides is 4. The normalized spacial score (nSPS) is 13.7. The lowest BCUT2D eigenvalue weighted by atomic mass is 10.1. The van der Waals surface area contributed by atoms with Gasteiger partial charge in [0.15, 0.2) is 6.61 Å². The fourth-order valence-electron chi connectivity index (χ4n) is 1.93. The van der Waals surface area contributed by atoms with Gasteiger partial charge in [-0.05, 0) is 17.7 Å². The third-order valence-electron chi connectivity index (χ3n) is 3.27. The van der Waals surface area contributed by atoms with Crippen molar-refractivity contribution in [1.29, 1.82) is 0 Å². The lowest BCUT2D eigenvalue weighted by Crippen LogP contribution is -2.30. The van der Waals surface area contributed by atoms with Gasteiger partial charge in [0.05, 0.1) is 18.7 Å². The van der Waals surface area contributed by atoms with Gasteiger partial charge in [0.25, 0.3) is 5.91 Å². The van der Waals surface area contributed by atoms with E-state index in [1.54, 1.807) is 26.2 Å². The minimum atomic E-state index is -0.640. The summed E-state index contributed by atoms with van der Waals surface area (Å²) in [6, 6.07) is 5.93. The van der Waals surface area contributed by atoms with E-state index in [2.05, 4.69) is 5.32 Å². The average molecular weight is 319 g/mol. The number of nitrogens with one attached hydrogen (secondary N) is 1. The van der Waals surface area contributed by atoms with Crippen molar-refractivity contribution in [3.63, 3.8) is 0 Å². The maximum Gasteiger partial charge on any atom is 0.338 e. The first-order chi connectivity index (χ1) is 10.9. The topological polar surface area (TPSA) is 96.0 Å². The van der Waals surface area contributed by atoms with Gasteiger partial charge in [0.1, 0.15) is 0 Å². The summed E-state index contributed by atoms with van der Waals surface area (Å²) in [5.74, 6) is -1.28. The molecule has 1 aromatic rings. The number of likely N-dealkylation sites (N-methyl/N-ethyl adjacent to an activating group) is 1. The summed E-state index contributed by atoms with van der Waals surface area (Å²) in [6.07, 6.45) is 0. The van der Waals surface area contributed by atoms with Gasteiger partial charge >= 0.3 is 12.0 Å². The van der Waals surface area contributed by atoms with Crippen molar-refractivity contribution in [2.24, 2.45) is 0 Å². The van der Waals surface area contributed by atoms with Crippen molar-refractivity contribution in [3.05, 3.63) is 35.4 Å². The summed E-state index contributed by atoms with van der Waals surface area (Å²) in [4.78, 5) is 48.8. The second kappa shape index (κ2) is 6.91. The number of hydrogen-bond acceptors (Lipinski definition) is 5. The lowest BCUT2D eigenvalue weighted by Gasteiger charge is -2.13. The second-order valence-corrected chi connectivity index (χ2v) is 5.20. The molecule has 4 amide bonds. The zero-order valence-electron chi connectivity index (χ0n) is 12.9. The molecule has 1 aliphatic rings. The number of ether oxygens (including phenoxy) is 1. The van der Waals surface area contributed by atoms with E-state index in [0.29, 0.717) is 5.56 Å². The minimum Gasteiger partial charge on any atom is -0.452 e. The molecule has 122 valence electrons. The number of nitrogens with zero attached hydrogens (tertiary/aromatic N) is 2. The van der Waals surface area contributed by atoms with Crippen molar-refractivity contribution in [2.45, 2.75) is 6.54 Å². The molecule has 8 nitrogen and oxygen atoms in total. The molecule has 8 heteroatoms. The van der Waals surface area contributed by atoms with Gasteiger partial charge in [-0.25, -0.2) is 9.59 Å². The molecule has 1 saturated heterocycles. The van der Waals surface area contributed by atoms with Gasteiger partial charge < -0.3 is 15.0 Å². The molecule has 0 bridgehead atoms. The molecule has 1 heterocycles. The summed E-state index contributed by atoms with van der Waals surface area (Å²) < 4.78 is 4.93. The Kier molecular flexibility index (Phi) is 4.95. The van der Waals surface area contributed by atoms with Gasteiger partial charge in [-0.2, -0.15) is 0 Å². The molecule has 1 aliphatic heterocycles. The summed E-state index contributed by atoms with van der Waals surface area (Å²) in [5, 5.41) is 2.42. The molecule has 0 aliphatic carbocycles. The van der Waals surface area contributed by atoms with Crippen LogP contribution < -0.4 is 5.32 Å². The molecule has 0 atom stereocenters. The molecule has 0 unspecified atom stereocenters. The van der Waals surface area contributed by atoms with Crippen LogP contribution in [-0.2, 0) is 20.9 Å². The highest BCUT2D eigenvalue weighted by atomic mass is 16.5. The largest absolute Gasteiger partial charge is 0.452 e. The summed E-state index contributed by atoms with van der Waals surface area (Å²) in [6.45, 7) is -0.293. The molecule has 0 saturated carbocycles. The smallest absolute Gasteiger partial charge is 0.338 e. The third-order valence-corrected chi connectivity index (χ3v) is 3.27. The Bertz CT molecular complexity index is 640. The predicted molar refractivity (Wildman–Crippen MR) is 79.4 cm³/mol. The van der Waals surface area contributed by atoms with E-state index < -0.39 is 12.0 Å². The fourth-order valence-corrected chi connectivity index (χ4v) is 1.93. The molecule has 0 radical (unpaired) electrons. The predicted octanol–water partition coefficient (Wildman–Crippen LogP) is -0.0166. The maximum absolute atomic E-state index is 11.9. The second-order valence-electron chi connectivity index (χ2n) is 5.20. The Hall–Kier alpha value is -2.90. The van der Waals surface area contributed by atoms with Crippen molar-refractivity contribution in [3.8, 4) is 0 Å². The van der Waals surface area contributed by atoms with Crippen LogP contribution in [0.1, 0.15) is 15.9 Å². The molecule has 2 rings (SSSR count). The molecule has 23 heavy (non-hydrogen) atoms. The van der Waals surface area contributed by atoms with Crippen LogP contribution in [0.4, 0.5) is 4.79 Å². The highest BCUT2D eigenvalue weighted by Crippen LogP contribution is 2.12. The van der Waals surface area contributed by atoms with Crippen LogP contribution in [0.25, 0.3) is 0 Å². The lowest BCUT2D eigenvalue weighted by molar-refractivity contribution is -0.132. The van der Waals surface area contributed by atoms with Crippen LogP contribution in [0.15, 0.2) is 24.3 Å². The first-order valence-electron chi connectivity index (χ1n) is 6.93. The van der Waals surface area contributed by atoms with E-state index in [4.69, 9.17) is 4.74 Å². The number of urea groups is 1. The fraction of sp³-hybridized carbons (Fsp3) is 0.333. The highest BCUT2D eigenvalue weighted by Gasteiger charge is 2.28. The maximum atomic E-state index is 11.9. The van der Waals surface area contributed by atoms with E-state index >= 15 is 0 Å². The standard InChI is InChI=1S/C15H17N3O5/c1-17(2)13(20)9-23-14(21)11-5-3-4-10(6-11)8-18-12(19)7-16-15(18)22/h3-6H,7-9H2,1-2H3,(H,16,22). The Morgan fingerprint density at radius 1 is 1.30 bits per heavy atom. The Labute approximate surface area is 133 Å². The number of carbonyl (C=O) groups is 4. The van der Waals surface area contributed by atoms with Gasteiger partial charge in [-0.15, -0.1) is 0 Å². The van der Waals surface area contributed by atoms with Crippen LogP contribution in [0.2, 0.25) is 0 Å². The van der Waals surface area contributed by atoms with E-state index in [1.807, 2.05) is 0 Å². The van der Waals surface area contributed by atoms with E-state index in [1.165, 1.54) is 17.0 Å². The third kappa shape index (κ3) is 4.06. The molecular formula is C15H17N3O5. The monoisotopic (exact) mass is 319 g/mol. The van der Waals surface area contributed by atoms with Crippen LogP contribution in [0.3, 0.4) is 0 Å². The van der Waals surface area contributed by atoms with Crippen molar-refractivity contribution in [2.75, 3.05) is 27.2 Å². The molecule has 1 N–H and O–H groups in total. The van der Waals surface area contributed by atoms with Crippen molar-refractivity contribution >= 4 is 23.8 Å². The minimum absolute atomic E-state index is 0.0206. The van der Waals surface area contributed by atoms with E-state index in [-0.39, 0.29) is 37.1 Å². The molecular weight excluding hydrogens is 302 g/mol. The summed E-state index contributed by atoms with van der Waals surface area (Å²) in [7, 11) is 3.13. The number of hydrogen-bond donors (Lipinski definition) is 1. The highest BCUT2D eigenvalue weighted by molar-refractivity contribution is 6.01. The summed E-state index contributed by atoms with van der Waals surface area (Å²) >= 11 is 0. The van der Waals surface area contributed by atoms with Crippen LogP contribution in [-0.4, -0.2) is 60.9 Å². The van der Waals surface area contributed by atoms with Gasteiger partial charge in [-0.3, -0.25) is 14.5 Å². The Morgan fingerprint density at radius 2 is 2.04 bits per heavy atom. The van der Waals surface area contributed by atoms with E-state index in [0.717, 1.165) is 4.90 Å². The summed E-state index contributed by atoms with van der Waals surface area (Å²) in [5.41, 5.74) is 0.866. The SMILES string of the molecule is CN(C)C(=O)COC(=O)c1cccc(CN2C(=O)CNC2=O)c1. The Morgan fingerprint density at radius 3 is 2.65 bits per heavy atom.